The van der Waals surface area contributed by atoms with Crippen LogP contribution in [0.15, 0.2) is 72.1 Å². The maximum absolute atomic E-state index is 12.5. The van der Waals surface area contributed by atoms with Crippen LogP contribution in [0, 0.1) is 0 Å². The van der Waals surface area contributed by atoms with Gasteiger partial charge in [-0.1, -0.05) is 30.3 Å². The first kappa shape index (κ1) is 24.0. The van der Waals surface area contributed by atoms with Crippen molar-refractivity contribution in [2.45, 2.75) is 6.54 Å². The van der Waals surface area contributed by atoms with E-state index in [-0.39, 0.29) is 5.91 Å². The number of methoxy groups -OCH3 is 3. The molecule has 4 rings (SSSR count). The number of carbonyl (C=O) groups excluding carboxylic acids is 2. The summed E-state index contributed by atoms with van der Waals surface area (Å²) in [4.78, 5) is 29.0. The summed E-state index contributed by atoms with van der Waals surface area (Å²) in [5.41, 5.74) is 4.47. The van der Waals surface area contributed by atoms with Gasteiger partial charge in [0, 0.05) is 28.6 Å². The molecule has 3 aromatic carbocycles. The predicted molar refractivity (Wildman–Crippen MR) is 135 cm³/mol. The van der Waals surface area contributed by atoms with E-state index in [0.29, 0.717) is 29.2 Å². The van der Waals surface area contributed by atoms with Crippen molar-refractivity contribution >= 4 is 23.2 Å². The summed E-state index contributed by atoms with van der Waals surface area (Å²) in [6, 6.07) is 20.0. The number of hydrogen-bond acceptors (Lipinski definition) is 7. The van der Waals surface area contributed by atoms with E-state index in [1.54, 1.807) is 43.8 Å². The highest BCUT2D eigenvalue weighted by Gasteiger charge is 2.12. The fourth-order valence-electron chi connectivity index (χ4n) is 3.49. The Balaban J connectivity index is 1.41. The molecule has 0 fully saturated rings. The van der Waals surface area contributed by atoms with Crippen LogP contribution >= 0.6 is 11.3 Å². The number of carbonyl (C=O) groups is 2. The fraction of sp³-hybridized carbons (Fsp3) is 0.148. The van der Waals surface area contributed by atoms with Gasteiger partial charge in [-0.2, -0.15) is 0 Å². The van der Waals surface area contributed by atoms with E-state index >= 15 is 0 Å². The van der Waals surface area contributed by atoms with Gasteiger partial charge in [-0.05, 0) is 42.0 Å². The highest BCUT2D eigenvalue weighted by atomic mass is 32.1. The summed E-state index contributed by atoms with van der Waals surface area (Å²) in [7, 11) is 4.52. The maximum Gasteiger partial charge on any atom is 0.337 e. The number of aromatic nitrogens is 1. The van der Waals surface area contributed by atoms with Crippen LogP contribution in [0.25, 0.3) is 21.8 Å². The lowest BCUT2D eigenvalue weighted by molar-refractivity contribution is 0.0600. The first-order chi connectivity index (χ1) is 17.0. The zero-order valence-corrected chi connectivity index (χ0v) is 20.3. The smallest absolute Gasteiger partial charge is 0.337 e. The van der Waals surface area contributed by atoms with Gasteiger partial charge in [0.1, 0.15) is 5.01 Å². The van der Waals surface area contributed by atoms with Crippen molar-refractivity contribution in [2.24, 2.45) is 0 Å². The number of hydrogen-bond donors (Lipinski definition) is 1. The molecule has 0 aliphatic carbocycles. The fourth-order valence-corrected chi connectivity index (χ4v) is 4.32. The van der Waals surface area contributed by atoms with E-state index < -0.39 is 5.97 Å². The zero-order chi connectivity index (χ0) is 24.8. The van der Waals surface area contributed by atoms with Gasteiger partial charge in [0.2, 0.25) is 0 Å². The molecule has 0 aliphatic rings. The summed E-state index contributed by atoms with van der Waals surface area (Å²) in [5.74, 6) is 0.583. The zero-order valence-electron chi connectivity index (χ0n) is 19.5. The molecule has 0 unspecified atom stereocenters. The number of thiazole rings is 1. The third-order valence-corrected chi connectivity index (χ3v) is 6.27. The van der Waals surface area contributed by atoms with E-state index in [1.165, 1.54) is 13.2 Å². The average Bonchev–Trinajstić information content (AvgIpc) is 3.41. The van der Waals surface area contributed by atoms with E-state index in [2.05, 4.69) is 5.32 Å². The molecule has 1 amide bonds. The molecule has 7 nitrogen and oxygen atoms in total. The molecule has 1 aromatic heterocycles. The lowest BCUT2D eigenvalue weighted by Crippen LogP contribution is -2.23. The minimum Gasteiger partial charge on any atom is -0.493 e. The molecule has 0 saturated carbocycles. The Hall–Kier alpha value is -4.17. The first-order valence-electron chi connectivity index (χ1n) is 10.8. The van der Waals surface area contributed by atoms with E-state index in [9.17, 15) is 9.59 Å². The van der Waals surface area contributed by atoms with Gasteiger partial charge in [-0.15, -0.1) is 11.3 Å². The molecule has 0 atom stereocenters. The monoisotopic (exact) mass is 488 g/mol. The predicted octanol–water partition coefficient (Wildman–Crippen LogP) is 5.21. The van der Waals surface area contributed by atoms with Crippen molar-refractivity contribution in [2.75, 3.05) is 21.3 Å². The van der Waals surface area contributed by atoms with Crippen molar-refractivity contribution in [3.8, 4) is 33.3 Å². The van der Waals surface area contributed by atoms with Crippen molar-refractivity contribution < 1.29 is 23.8 Å². The largest absolute Gasteiger partial charge is 0.493 e. The van der Waals surface area contributed by atoms with Crippen LogP contribution in [0.1, 0.15) is 26.3 Å². The lowest BCUT2D eigenvalue weighted by atomic mass is 10.1. The number of amides is 1. The van der Waals surface area contributed by atoms with Gasteiger partial charge in [0.15, 0.2) is 11.5 Å². The standard InChI is InChI=1S/C27H24N2O5S/c1-32-23-12-11-19(14-24(23)33-2)22-16-35-26(29-22)18-9-7-17(8-10-18)15-28-25(30)20-5-4-6-21(13-20)27(31)34-3/h4-14,16H,15H2,1-3H3,(H,28,30). The summed E-state index contributed by atoms with van der Waals surface area (Å²) >= 11 is 1.56. The number of nitrogens with zero attached hydrogens (tertiary/aromatic N) is 1. The Morgan fingerprint density at radius 2 is 1.57 bits per heavy atom. The lowest BCUT2D eigenvalue weighted by Gasteiger charge is -2.08. The molecule has 0 spiro atoms. The van der Waals surface area contributed by atoms with Gasteiger partial charge in [-0.3, -0.25) is 4.79 Å². The Morgan fingerprint density at radius 3 is 2.29 bits per heavy atom. The van der Waals surface area contributed by atoms with Crippen LogP contribution in [0.3, 0.4) is 0 Å². The Morgan fingerprint density at radius 1 is 0.857 bits per heavy atom. The van der Waals surface area contributed by atoms with Crippen LogP contribution < -0.4 is 14.8 Å². The maximum atomic E-state index is 12.5. The quantitative estimate of drug-likeness (QED) is 0.343. The van der Waals surface area contributed by atoms with Gasteiger partial charge < -0.3 is 19.5 Å². The van der Waals surface area contributed by atoms with Crippen molar-refractivity contribution in [3.63, 3.8) is 0 Å². The van der Waals surface area contributed by atoms with Crippen LogP contribution in [0.5, 0.6) is 11.5 Å². The second-order valence-electron chi connectivity index (χ2n) is 7.56. The molecular weight excluding hydrogens is 464 g/mol. The number of nitrogens with one attached hydrogen (secondary N) is 1. The molecule has 4 aromatic rings. The molecule has 35 heavy (non-hydrogen) atoms. The van der Waals surface area contributed by atoms with Crippen molar-refractivity contribution in [1.82, 2.24) is 10.3 Å². The molecule has 1 N–H and O–H groups in total. The summed E-state index contributed by atoms with van der Waals surface area (Å²) in [5, 5.41) is 5.78. The van der Waals surface area contributed by atoms with Gasteiger partial charge in [0.05, 0.1) is 32.6 Å². The molecule has 8 heteroatoms. The van der Waals surface area contributed by atoms with Crippen LogP contribution in [0.2, 0.25) is 0 Å². The second kappa shape index (κ2) is 10.8. The van der Waals surface area contributed by atoms with Crippen molar-refractivity contribution in [1.29, 1.82) is 0 Å². The van der Waals surface area contributed by atoms with E-state index in [0.717, 1.165) is 27.4 Å². The third-order valence-electron chi connectivity index (χ3n) is 5.38. The van der Waals surface area contributed by atoms with Crippen LogP contribution in [-0.2, 0) is 11.3 Å². The number of benzene rings is 3. The average molecular weight is 489 g/mol. The minimum absolute atomic E-state index is 0.265. The molecule has 0 saturated heterocycles. The topological polar surface area (TPSA) is 86.8 Å². The SMILES string of the molecule is COC(=O)c1cccc(C(=O)NCc2ccc(-c3nc(-c4ccc(OC)c(OC)c4)cs3)cc2)c1. The highest BCUT2D eigenvalue weighted by molar-refractivity contribution is 7.13. The summed E-state index contributed by atoms with van der Waals surface area (Å²) < 4.78 is 15.4. The first-order valence-corrected chi connectivity index (χ1v) is 11.6. The van der Waals surface area contributed by atoms with Crippen LogP contribution in [-0.4, -0.2) is 38.2 Å². The summed E-state index contributed by atoms with van der Waals surface area (Å²) in [6.45, 7) is 0.357. The number of esters is 1. The molecule has 0 radical (unpaired) electrons. The number of rotatable bonds is 8. The normalized spacial score (nSPS) is 10.5. The second-order valence-corrected chi connectivity index (χ2v) is 8.42. The van der Waals surface area contributed by atoms with Crippen molar-refractivity contribution in [3.05, 3.63) is 88.8 Å². The molecule has 0 aliphatic heterocycles. The molecule has 1 heterocycles. The third kappa shape index (κ3) is 5.50. The van der Waals surface area contributed by atoms with Gasteiger partial charge >= 0.3 is 5.97 Å². The van der Waals surface area contributed by atoms with E-state index in [1.807, 2.05) is 47.8 Å². The molecular formula is C27H24N2O5S. The Kier molecular flexibility index (Phi) is 7.42. The number of ether oxygens (including phenoxy) is 3. The van der Waals surface area contributed by atoms with E-state index in [4.69, 9.17) is 19.2 Å². The molecule has 178 valence electrons. The highest BCUT2D eigenvalue weighted by Crippen LogP contribution is 2.34. The van der Waals surface area contributed by atoms with Crippen LogP contribution in [0.4, 0.5) is 0 Å². The Labute approximate surface area is 207 Å². The minimum atomic E-state index is -0.480. The van der Waals surface area contributed by atoms with Gasteiger partial charge in [-0.25, -0.2) is 9.78 Å². The van der Waals surface area contributed by atoms with Gasteiger partial charge in [0.25, 0.3) is 5.91 Å². The Bertz CT molecular complexity index is 1350. The summed E-state index contributed by atoms with van der Waals surface area (Å²) in [6.07, 6.45) is 0. The molecule has 0 bridgehead atoms.